The van der Waals surface area contributed by atoms with E-state index in [1.54, 1.807) is 0 Å². The number of nitrogens with zero attached hydrogens (tertiary/aromatic N) is 1. The molecule has 0 amide bonds. The van der Waals surface area contributed by atoms with Crippen LogP contribution in [-0.4, -0.2) is 0 Å². The Balaban J connectivity index is 1.13. The van der Waals surface area contributed by atoms with Gasteiger partial charge in [-0.05, 0) is 96.2 Å². The van der Waals surface area contributed by atoms with Crippen LogP contribution in [0.25, 0.3) is 85.5 Å². The molecule has 0 aliphatic carbocycles. The Morgan fingerprint density at radius 2 is 0.907 bits per heavy atom. The number of hydrogen-bond donors (Lipinski definition) is 0. The summed E-state index contributed by atoms with van der Waals surface area (Å²) < 4.78 is 2.59. The van der Waals surface area contributed by atoms with Crippen LogP contribution in [0.3, 0.4) is 0 Å². The molecule has 0 aliphatic heterocycles. The summed E-state index contributed by atoms with van der Waals surface area (Å²) in [4.78, 5) is 2.47. The Labute approximate surface area is 317 Å². The zero-order valence-electron chi connectivity index (χ0n) is 29.4. The van der Waals surface area contributed by atoms with Crippen LogP contribution >= 0.6 is 11.3 Å². The third-order valence-corrected chi connectivity index (χ3v) is 12.2. The van der Waals surface area contributed by atoms with Gasteiger partial charge in [0.25, 0.3) is 0 Å². The van der Waals surface area contributed by atoms with Gasteiger partial charge in [0.15, 0.2) is 0 Å². The fourth-order valence-corrected chi connectivity index (χ4v) is 9.80. The van der Waals surface area contributed by atoms with E-state index in [-0.39, 0.29) is 0 Å². The highest BCUT2D eigenvalue weighted by molar-refractivity contribution is 7.26. The molecule has 11 aromatic rings. The molecule has 0 atom stereocenters. The first-order valence-corrected chi connectivity index (χ1v) is 19.3. The maximum Gasteiger partial charge on any atom is 0.0640 e. The minimum Gasteiger partial charge on any atom is -0.308 e. The number of hydrogen-bond acceptors (Lipinski definition) is 2. The highest BCUT2D eigenvalue weighted by Crippen LogP contribution is 2.49. The van der Waals surface area contributed by atoms with Crippen molar-refractivity contribution in [2.24, 2.45) is 0 Å². The minimum absolute atomic E-state index is 1.12. The molecule has 2 heteroatoms. The van der Waals surface area contributed by atoms with Gasteiger partial charge in [-0.25, -0.2) is 0 Å². The maximum absolute atomic E-state index is 2.47. The van der Waals surface area contributed by atoms with Crippen molar-refractivity contribution in [2.75, 3.05) is 4.90 Å². The van der Waals surface area contributed by atoms with Gasteiger partial charge in [-0.3, -0.25) is 0 Å². The number of anilines is 3. The molecule has 0 bridgehead atoms. The van der Waals surface area contributed by atoms with Crippen molar-refractivity contribution < 1.29 is 0 Å². The Kier molecular flexibility index (Phi) is 7.11. The van der Waals surface area contributed by atoms with Crippen LogP contribution in [-0.2, 0) is 0 Å². The molecule has 1 aromatic heterocycles. The van der Waals surface area contributed by atoms with Crippen LogP contribution < -0.4 is 4.90 Å². The van der Waals surface area contributed by atoms with E-state index in [1.165, 1.54) is 91.2 Å². The molecule has 0 spiro atoms. The van der Waals surface area contributed by atoms with E-state index in [1.807, 2.05) is 11.3 Å². The van der Waals surface area contributed by atoms with Crippen molar-refractivity contribution in [3.05, 3.63) is 200 Å². The molecular formula is C52H33NS. The van der Waals surface area contributed by atoms with Crippen LogP contribution in [0.5, 0.6) is 0 Å². The zero-order valence-corrected chi connectivity index (χ0v) is 30.2. The van der Waals surface area contributed by atoms with E-state index in [0.29, 0.717) is 0 Å². The monoisotopic (exact) mass is 703 g/mol. The summed E-state index contributed by atoms with van der Waals surface area (Å²) in [6.07, 6.45) is 0. The molecule has 0 aliphatic rings. The van der Waals surface area contributed by atoms with E-state index in [0.717, 1.165) is 11.4 Å². The van der Waals surface area contributed by atoms with Gasteiger partial charge >= 0.3 is 0 Å². The first-order chi connectivity index (χ1) is 26.8. The number of thiophene rings is 1. The largest absolute Gasteiger partial charge is 0.308 e. The third kappa shape index (κ3) is 4.85. The van der Waals surface area contributed by atoms with E-state index in [2.05, 4.69) is 205 Å². The summed E-state index contributed by atoms with van der Waals surface area (Å²) in [6, 6.07) is 73.4. The van der Waals surface area contributed by atoms with Gasteiger partial charge in [0, 0.05) is 26.7 Å². The normalized spacial score (nSPS) is 11.7. The predicted octanol–water partition coefficient (Wildman–Crippen LogP) is 15.5. The van der Waals surface area contributed by atoms with Crippen LogP contribution in [0.2, 0.25) is 0 Å². The van der Waals surface area contributed by atoms with Crippen molar-refractivity contribution >= 4 is 91.7 Å². The zero-order chi connectivity index (χ0) is 35.6. The molecule has 1 heterocycles. The quantitative estimate of drug-likeness (QED) is 0.161. The molecule has 252 valence electrons. The summed E-state index contributed by atoms with van der Waals surface area (Å²) in [5, 5.41) is 12.9. The SMILES string of the molecule is c1ccc(-c2ccccc2N(c2ccc(-c3cc4ccc5ccccc5c4c4ccccc34)cc2)c2cccc3c2sc2ccc4ccccc4c23)cc1. The second-order valence-corrected chi connectivity index (χ2v) is 15.1. The summed E-state index contributed by atoms with van der Waals surface area (Å²) in [5.41, 5.74) is 8.28. The van der Waals surface area contributed by atoms with E-state index in [9.17, 15) is 0 Å². The van der Waals surface area contributed by atoms with Gasteiger partial charge in [0.2, 0.25) is 0 Å². The van der Waals surface area contributed by atoms with Gasteiger partial charge in [-0.15, -0.1) is 11.3 Å². The van der Waals surface area contributed by atoms with Crippen LogP contribution in [0.1, 0.15) is 0 Å². The summed E-state index contributed by atoms with van der Waals surface area (Å²) >= 11 is 1.88. The summed E-state index contributed by atoms with van der Waals surface area (Å²) in [5.74, 6) is 0. The fourth-order valence-electron chi connectivity index (χ4n) is 8.58. The Bertz CT molecular complexity index is 3210. The standard InChI is InChI=1S/C52H33NS/c1-2-13-34(14-3-1)40-17-10-11-23-47(40)53(48-24-12-22-45-51-42-19-7-5-16-36(42)29-32-49(51)54-52(45)48)39-30-27-37(28-31-39)46-33-38-26-25-35-15-4-6-18-41(35)50(38)44-21-9-8-20-43(44)46/h1-33H. The van der Waals surface area contributed by atoms with Crippen LogP contribution in [0.4, 0.5) is 17.1 Å². The highest BCUT2D eigenvalue weighted by Gasteiger charge is 2.22. The molecule has 0 saturated carbocycles. The summed E-state index contributed by atoms with van der Waals surface area (Å²) in [6.45, 7) is 0. The third-order valence-electron chi connectivity index (χ3n) is 11.0. The lowest BCUT2D eigenvalue weighted by atomic mass is 9.90. The first kappa shape index (κ1) is 30.8. The van der Waals surface area contributed by atoms with Crippen molar-refractivity contribution in [1.82, 2.24) is 0 Å². The fraction of sp³-hybridized carbons (Fsp3) is 0. The molecule has 54 heavy (non-hydrogen) atoms. The van der Waals surface area contributed by atoms with Gasteiger partial charge in [-0.2, -0.15) is 0 Å². The Morgan fingerprint density at radius 1 is 0.333 bits per heavy atom. The lowest BCUT2D eigenvalue weighted by molar-refractivity contribution is 1.30. The Hall–Kier alpha value is -6.74. The number of fused-ring (bicyclic) bond motifs is 10. The first-order valence-electron chi connectivity index (χ1n) is 18.5. The molecule has 10 aromatic carbocycles. The number of para-hydroxylation sites is 1. The topological polar surface area (TPSA) is 3.24 Å². The molecule has 0 fully saturated rings. The lowest BCUT2D eigenvalue weighted by Gasteiger charge is -2.28. The van der Waals surface area contributed by atoms with Crippen molar-refractivity contribution in [2.45, 2.75) is 0 Å². The van der Waals surface area contributed by atoms with Crippen LogP contribution in [0.15, 0.2) is 200 Å². The number of benzene rings is 10. The molecule has 0 N–H and O–H groups in total. The van der Waals surface area contributed by atoms with Crippen LogP contribution in [0, 0.1) is 0 Å². The predicted molar refractivity (Wildman–Crippen MR) is 235 cm³/mol. The van der Waals surface area contributed by atoms with Crippen molar-refractivity contribution in [3.8, 4) is 22.3 Å². The van der Waals surface area contributed by atoms with E-state index < -0.39 is 0 Å². The van der Waals surface area contributed by atoms with Gasteiger partial charge in [-0.1, -0.05) is 164 Å². The molecule has 0 saturated heterocycles. The van der Waals surface area contributed by atoms with E-state index in [4.69, 9.17) is 0 Å². The molecule has 0 radical (unpaired) electrons. The second-order valence-electron chi connectivity index (χ2n) is 14.0. The summed E-state index contributed by atoms with van der Waals surface area (Å²) in [7, 11) is 0. The van der Waals surface area contributed by atoms with Gasteiger partial charge in [0.1, 0.15) is 0 Å². The second kappa shape index (κ2) is 12.4. The minimum atomic E-state index is 1.12. The van der Waals surface area contributed by atoms with E-state index >= 15 is 0 Å². The van der Waals surface area contributed by atoms with Crippen molar-refractivity contribution in [1.29, 1.82) is 0 Å². The lowest BCUT2D eigenvalue weighted by Crippen LogP contribution is -2.11. The molecular weight excluding hydrogens is 671 g/mol. The molecule has 1 nitrogen and oxygen atoms in total. The number of rotatable bonds is 5. The molecule has 0 unspecified atom stereocenters. The smallest absolute Gasteiger partial charge is 0.0640 e. The average molecular weight is 704 g/mol. The average Bonchev–Trinajstić information content (AvgIpc) is 3.64. The van der Waals surface area contributed by atoms with Crippen molar-refractivity contribution in [3.63, 3.8) is 0 Å². The maximum atomic E-state index is 2.47. The van der Waals surface area contributed by atoms with Gasteiger partial charge < -0.3 is 4.90 Å². The molecule has 11 rings (SSSR count). The Morgan fingerprint density at radius 3 is 1.70 bits per heavy atom. The van der Waals surface area contributed by atoms with Gasteiger partial charge in [0.05, 0.1) is 16.1 Å². The highest BCUT2D eigenvalue weighted by atomic mass is 32.1.